The van der Waals surface area contributed by atoms with Crippen LogP contribution in [-0.4, -0.2) is 61.5 Å². The predicted molar refractivity (Wildman–Crippen MR) is 132 cm³/mol. The lowest BCUT2D eigenvalue weighted by atomic mass is 9.94. The second kappa shape index (κ2) is 11.2. The highest BCUT2D eigenvalue weighted by Gasteiger charge is 2.30. The van der Waals surface area contributed by atoms with Crippen molar-refractivity contribution in [2.24, 2.45) is 5.41 Å². The van der Waals surface area contributed by atoms with Gasteiger partial charge in [0.2, 0.25) is 17.7 Å². The minimum absolute atomic E-state index is 0.0115. The van der Waals surface area contributed by atoms with Crippen molar-refractivity contribution in [2.45, 2.75) is 85.5 Å². The molecule has 2 aromatic heterocycles. The summed E-state index contributed by atoms with van der Waals surface area (Å²) in [5.74, 6) is 0.700. The maximum atomic E-state index is 13.1. The normalized spacial score (nSPS) is 16.7. The second-order valence-electron chi connectivity index (χ2n) is 9.89. The fraction of sp³-hybridized carbons (Fsp3) is 0.696. The van der Waals surface area contributed by atoms with Crippen LogP contribution in [0.4, 0.5) is 5.95 Å². The summed E-state index contributed by atoms with van der Waals surface area (Å²) in [4.78, 5) is 27.7. The lowest BCUT2D eigenvalue weighted by molar-refractivity contribution is -0.129. The Balaban J connectivity index is 1.82. The number of hydrogen-bond acceptors (Lipinski definition) is 6. The van der Waals surface area contributed by atoms with Gasteiger partial charge in [-0.15, -0.1) is 10.2 Å². The van der Waals surface area contributed by atoms with E-state index in [-0.39, 0.29) is 29.7 Å². The Hall–Kier alpha value is -2.62. The molecule has 0 radical (unpaired) electrons. The molecule has 1 saturated heterocycles. The van der Waals surface area contributed by atoms with E-state index in [0.29, 0.717) is 30.6 Å². The highest BCUT2D eigenvalue weighted by molar-refractivity contribution is 6.30. The molecule has 1 aliphatic heterocycles. The number of nitrogens with zero attached hydrogens (tertiary/aromatic N) is 6. The van der Waals surface area contributed by atoms with Gasteiger partial charge < -0.3 is 15.5 Å². The van der Waals surface area contributed by atoms with Gasteiger partial charge in [0.1, 0.15) is 0 Å². The van der Waals surface area contributed by atoms with E-state index in [1.165, 1.54) is 0 Å². The number of anilines is 1. The minimum atomic E-state index is -0.451. The lowest BCUT2D eigenvalue weighted by Crippen LogP contribution is -2.51. The predicted octanol–water partition coefficient (Wildman–Crippen LogP) is 2.88. The van der Waals surface area contributed by atoms with Crippen molar-refractivity contribution in [1.82, 2.24) is 35.2 Å². The zero-order chi connectivity index (χ0) is 24.9. The van der Waals surface area contributed by atoms with Crippen molar-refractivity contribution in [3.8, 4) is 0 Å². The third-order valence-corrected chi connectivity index (χ3v) is 6.33. The number of amides is 2. The number of nitrogens with one attached hydrogen (secondary N) is 2. The molecule has 2 amide bonds. The van der Waals surface area contributed by atoms with E-state index in [0.717, 1.165) is 32.2 Å². The first-order valence-corrected chi connectivity index (χ1v) is 12.5. The Labute approximate surface area is 206 Å². The first-order chi connectivity index (χ1) is 16.1. The van der Waals surface area contributed by atoms with Gasteiger partial charge >= 0.3 is 0 Å². The van der Waals surface area contributed by atoms with E-state index in [2.05, 4.69) is 30.8 Å². The lowest BCUT2D eigenvalue weighted by Gasteiger charge is -2.35. The van der Waals surface area contributed by atoms with Gasteiger partial charge in [-0.1, -0.05) is 46.2 Å². The first-order valence-electron chi connectivity index (χ1n) is 12.1. The van der Waals surface area contributed by atoms with Gasteiger partial charge in [-0.25, -0.2) is 0 Å². The number of aromatic nitrogens is 5. The third-order valence-electron chi connectivity index (χ3n) is 6.13. The number of carbonyl (C=O) groups is 2. The smallest absolute Gasteiger partial charge is 0.289 e. The summed E-state index contributed by atoms with van der Waals surface area (Å²) in [6, 6.07) is 0.0930. The summed E-state index contributed by atoms with van der Waals surface area (Å²) in [6.45, 7) is 12.2. The number of carbonyl (C=O) groups excluding carboxylic acids is 2. The molecule has 3 rings (SSSR count). The number of aryl methyl sites for hydroxylation is 1. The molecule has 1 atom stereocenters. The Bertz CT molecular complexity index is 976. The molecule has 34 heavy (non-hydrogen) atoms. The Morgan fingerprint density at radius 1 is 1.21 bits per heavy atom. The summed E-state index contributed by atoms with van der Waals surface area (Å²) in [5, 5.41) is 19.7. The van der Waals surface area contributed by atoms with Gasteiger partial charge in [0.25, 0.3) is 5.91 Å². The van der Waals surface area contributed by atoms with E-state index < -0.39 is 5.41 Å². The molecule has 0 saturated carbocycles. The van der Waals surface area contributed by atoms with Crippen LogP contribution in [-0.2, 0) is 17.9 Å². The molecule has 3 heterocycles. The van der Waals surface area contributed by atoms with E-state index in [9.17, 15) is 9.59 Å². The van der Waals surface area contributed by atoms with Gasteiger partial charge in [0.15, 0.2) is 0 Å². The van der Waals surface area contributed by atoms with Crippen LogP contribution in [0.2, 0.25) is 5.02 Å². The number of piperidine rings is 1. The SMILES string of the molecule is CCC(CC)NC(=O)c1nnc(N2CCCC(NC(=O)C(C)(C)C)C2)n1CCn1cc(Cl)cn1. The number of rotatable bonds is 9. The van der Waals surface area contributed by atoms with Gasteiger partial charge in [-0.05, 0) is 25.7 Å². The highest BCUT2D eigenvalue weighted by atomic mass is 35.5. The molecule has 0 spiro atoms. The molecule has 0 aromatic carbocycles. The maximum absolute atomic E-state index is 13.1. The molecule has 11 heteroatoms. The molecule has 2 N–H and O–H groups in total. The largest absolute Gasteiger partial charge is 0.351 e. The van der Waals surface area contributed by atoms with Gasteiger partial charge in [0, 0.05) is 43.3 Å². The molecule has 1 aliphatic rings. The monoisotopic (exact) mass is 492 g/mol. The fourth-order valence-corrected chi connectivity index (χ4v) is 4.14. The summed E-state index contributed by atoms with van der Waals surface area (Å²) in [6.07, 6.45) is 6.83. The van der Waals surface area contributed by atoms with Gasteiger partial charge in [-0.2, -0.15) is 5.10 Å². The van der Waals surface area contributed by atoms with Crippen molar-refractivity contribution in [2.75, 3.05) is 18.0 Å². The number of halogens is 1. The standard InChI is InChI=1S/C23H37ClN8O2/c1-6-17(7-2)26-20(33)19-28-29-22(32(19)12-11-31-14-16(24)13-25-31)30-10-8-9-18(15-30)27-21(34)23(3,4)5/h13-14,17-18H,6-12,15H2,1-5H3,(H,26,33)(H,27,34). The third kappa shape index (κ3) is 6.49. The van der Waals surface area contributed by atoms with Crippen LogP contribution in [0.25, 0.3) is 0 Å². The molecule has 188 valence electrons. The van der Waals surface area contributed by atoms with Gasteiger partial charge in [0.05, 0.1) is 17.8 Å². The average molecular weight is 493 g/mol. The van der Waals surface area contributed by atoms with E-state index in [1.54, 1.807) is 17.1 Å². The van der Waals surface area contributed by atoms with E-state index in [1.807, 2.05) is 39.2 Å². The number of hydrogen-bond donors (Lipinski definition) is 2. The minimum Gasteiger partial charge on any atom is -0.351 e. The zero-order valence-corrected chi connectivity index (χ0v) is 21.6. The average Bonchev–Trinajstić information content (AvgIpc) is 3.41. The fourth-order valence-electron chi connectivity index (χ4n) is 3.99. The Morgan fingerprint density at radius 3 is 2.56 bits per heavy atom. The van der Waals surface area contributed by atoms with Crippen LogP contribution in [0.3, 0.4) is 0 Å². The molecular weight excluding hydrogens is 456 g/mol. The maximum Gasteiger partial charge on any atom is 0.289 e. The Kier molecular flexibility index (Phi) is 8.57. The highest BCUT2D eigenvalue weighted by Crippen LogP contribution is 2.22. The summed E-state index contributed by atoms with van der Waals surface area (Å²) < 4.78 is 3.58. The molecule has 0 bridgehead atoms. The molecule has 1 unspecified atom stereocenters. The molecule has 0 aliphatic carbocycles. The van der Waals surface area contributed by atoms with Crippen molar-refractivity contribution < 1.29 is 9.59 Å². The molecular formula is C23H37ClN8O2. The van der Waals surface area contributed by atoms with Gasteiger partial charge in [-0.3, -0.25) is 18.8 Å². The van der Waals surface area contributed by atoms with E-state index >= 15 is 0 Å². The summed E-state index contributed by atoms with van der Waals surface area (Å²) in [7, 11) is 0. The first kappa shape index (κ1) is 26.0. The van der Waals surface area contributed by atoms with Crippen molar-refractivity contribution in [1.29, 1.82) is 0 Å². The summed E-state index contributed by atoms with van der Waals surface area (Å²) >= 11 is 6.01. The van der Waals surface area contributed by atoms with E-state index in [4.69, 9.17) is 11.6 Å². The van der Waals surface area contributed by atoms with Crippen molar-refractivity contribution >= 4 is 29.4 Å². The topological polar surface area (TPSA) is 110 Å². The van der Waals surface area contributed by atoms with Crippen LogP contribution in [0.1, 0.15) is 70.9 Å². The molecule has 10 nitrogen and oxygen atoms in total. The quantitative estimate of drug-likeness (QED) is 0.557. The van der Waals surface area contributed by atoms with Crippen LogP contribution >= 0.6 is 11.6 Å². The van der Waals surface area contributed by atoms with Crippen molar-refractivity contribution in [3.63, 3.8) is 0 Å². The van der Waals surface area contributed by atoms with Crippen LogP contribution in [0.5, 0.6) is 0 Å². The molecule has 1 fully saturated rings. The molecule has 2 aromatic rings. The van der Waals surface area contributed by atoms with Crippen LogP contribution in [0, 0.1) is 5.41 Å². The Morgan fingerprint density at radius 2 is 1.94 bits per heavy atom. The zero-order valence-electron chi connectivity index (χ0n) is 20.8. The second-order valence-corrected chi connectivity index (χ2v) is 10.3. The van der Waals surface area contributed by atoms with Crippen LogP contribution in [0.15, 0.2) is 12.4 Å². The van der Waals surface area contributed by atoms with Crippen molar-refractivity contribution in [3.05, 3.63) is 23.2 Å². The van der Waals surface area contributed by atoms with Crippen LogP contribution < -0.4 is 15.5 Å². The summed E-state index contributed by atoms with van der Waals surface area (Å²) in [5.41, 5.74) is -0.451.